The van der Waals surface area contributed by atoms with Crippen LogP contribution in [0.2, 0.25) is 0 Å². The number of carbonyl (C=O) groups excluding carboxylic acids is 1. The molecular formula is C11H17N3O4S. The number of aryl methyl sites for hydroxylation is 1. The van der Waals surface area contributed by atoms with Crippen LogP contribution in [0.15, 0.2) is 5.38 Å². The monoisotopic (exact) mass is 287 g/mol. The van der Waals surface area contributed by atoms with E-state index in [4.69, 9.17) is 9.84 Å². The number of ether oxygens (including phenoxy) is 1. The van der Waals surface area contributed by atoms with Crippen molar-refractivity contribution >= 4 is 23.3 Å². The Kier molecular flexibility index (Phi) is 6.23. The number of nitrogens with zero attached hydrogens (tertiary/aromatic N) is 2. The van der Waals surface area contributed by atoms with E-state index in [0.29, 0.717) is 6.54 Å². The van der Waals surface area contributed by atoms with Crippen LogP contribution in [-0.2, 0) is 16.1 Å². The molecule has 19 heavy (non-hydrogen) atoms. The van der Waals surface area contributed by atoms with Crippen LogP contribution in [0.3, 0.4) is 0 Å². The molecule has 1 heterocycles. The zero-order valence-corrected chi connectivity index (χ0v) is 11.7. The Bertz CT molecular complexity index is 435. The van der Waals surface area contributed by atoms with Gasteiger partial charge >= 0.3 is 12.0 Å². The molecule has 0 aliphatic rings. The lowest BCUT2D eigenvalue weighted by atomic mass is 10.4. The van der Waals surface area contributed by atoms with Gasteiger partial charge in [-0.1, -0.05) is 0 Å². The van der Waals surface area contributed by atoms with Gasteiger partial charge in [-0.2, -0.15) is 0 Å². The smallest absolute Gasteiger partial charge is 0.329 e. The van der Waals surface area contributed by atoms with E-state index in [9.17, 15) is 9.59 Å². The van der Waals surface area contributed by atoms with Crippen molar-refractivity contribution in [3.63, 3.8) is 0 Å². The van der Waals surface area contributed by atoms with Crippen LogP contribution < -0.4 is 5.32 Å². The van der Waals surface area contributed by atoms with Crippen molar-refractivity contribution in [1.29, 1.82) is 0 Å². The highest BCUT2D eigenvalue weighted by Gasteiger charge is 2.10. The molecule has 0 aromatic carbocycles. The summed E-state index contributed by atoms with van der Waals surface area (Å²) < 4.78 is 4.80. The first-order chi connectivity index (χ1) is 8.99. The molecule has 0 spiro atoms. The van der Waals surface area contributed by atoms with Gasteiger partial charge in [-0.25, -0.2) is 14.6 Å². The summed E-state index contributed by atoms with van der Waals surface area (Å²) in [6.45, 7) is 2.43. The fourth-order valence-corrected chi connectivity index (χ4v) is 1.92. The van der Waals surface area contributed by atoms with Gasteiger partial charge in [0.25, 0.3) is 0 Å². The number of carbonyl (C=O) groups is 2. The average molecular weight is 287 g/mol. The third-order valence-electron chi connectivity index (χ3n) is 2.16. The van der Waals surface area contributed by atoms with E-state index in [2.05, 4.69) is 10.3 Å². The van der Waals surface area contributed by atoms with E-state index >= 15 is 0 Å². The van der Waals surface area contributed by atoms with Gasteiger partial charge in [-0.05, 0) is 6.92 Å². The highest BCUT2D eigenvalue weighted by Crippen LogP contribution is 2.09. The second-order valence-corrected chi connectivity index (χ2v) is 4.95. The quantitative estimate of drug-likeness (QED) is 0.720. The molecule has 1 aromatic heterocycles. The molecule has 0 unspecified atom stereocenters. The highest BCUT2D eigenvalue weighted by molar-refractivity contribution is 7.09. The fraction of sp³-hybridized carbons (Fsp3) is 0.545. The molecule has 0 fully saturated rings. The van der Waals surface area contributed by atoms with Crippen LogP contribution in [0.1, 0.15) is 10.7 Å². The second-order valence-electron chi connectivity index (χ2n) is 3.89. The van der Waals surface area contributed by atoms with Crippen LogP contribution in [-0.4, -0.2) is 53.8 Å². The number of amides is 2. The van der Waals surface area contributed by atoms with E-state index in [0.717, 1.165) is 10.7 Å². The molecule has 0 atom stereocenters. The maximum Gasteiger partial charge on any atom is 0.329 e. The Morgan fingerprint density at radius 1 is 1.58 bits per heavy atom. The summed E-state index contributed by atoms with van der Waals surface area (Å²) >= 11 is 1.54. The normalized spacial score (nSPS) is 10.2. The summed E-state index contributed by atoms with van der Waals surface area (Å²) in [5.74, 6) is -1.03. The van der Waals surface area contributed by atoms with E-state index in [1.165, 1.54) is 4.90 Å². The summed E-state index contributed by atoms with van der Waals surface area (Å²) in [5, 5.41) is 13.9. The lowest BCUT2D eigenvalue weighted by molar-refractivity contribution is -0.142. The minimum absolute atomic E-state index is 0.168. The third-order valence-corrected chi connectivity index (χ3v) is 2.98. The molecule has 2 amide bonds. The van der Waals surface area contributed by atoms with Crippen LogP contribution in [0.5, 0.6) is 0 Å². The number of thiazole rings is 1. The van der Waals surface area contributed by atoms with E-state index in [-0.39, 0.29) is 25.8 Å². The number of hydrogen-bond donors (Lipinski definition) is 2. The van der Waals surface area contributed by atoms with Crippen molar-refractivity contribution in [3.05, 3.63) is 16.1 Å². The average Bonchev–Trinajstić information content (AvgIpc) is 2.73. The Labute approximate surface area is 115 Å². The van der Waals surface area contributed by atoms with E-state index in [1.807, 2.05) is 12.3 Å². The SMILES string of the molecule is Cc1nc(CN(C)C(=O)NCCOCC(=O)O)cs1. The number of aliphatic carboxylic acids is 1. The van der Waals surface area contributed by atoms with E-state index < -0.39 is 5.97 Å². The molecule has 0 radical (unpaired) electrons. The number of rotatable bonds is 7. The van der Waals surface area contributed by atoms with Gasteiger partial charge in [-0.15, -0.1) is 11.3 Å². The van der Waals surface area contributed by atoms with Gasteiger partial charge in [0.2, 0.25) is 0 Å². The maximum absolute atomic E-state index is 11.7. The van der Waals surface area contributed by atoms with Crippen molar-refractivity contribution in [3.8, 4) is 0 Å². The Balaban J connectivity index is 2.20. The predicted molar refractivity (Wildman–Crippen MR) is 70.2 cm³/mol. The molecule has 8 heteroatoms. The lowest BCUT2D eigenvalue weighted by Crippen LogP contribution is -2.38. The van der Waals surface area contributed by atoms with Crippen molar-refractivity contribution < 1.29 is 19.4 Å². The number of aromatic nitrogens is 1. The first-order valence-corrected chi connectivity index (χ1v) is 6.56. The first-order valence-electron chi connectivity index (χ1n) is 5.68. The number of carboxylic acids is 1. The van der Waals surface area contributed by atoms with Crippen molar-refractivity contribution in [2.75, 3.05) is 26.8 Å². The molecule has 0 saturated heterocycles. The summed E-state index contributed by atoms with van der Waals surface area (Å²) in [7, 11) is 1.67. The summed E-state index contributed by atoms with van der Waals surface area (Å²) in [6.07, 6.45) is 0. The molecule has 2 N–H and O–H groups in total. The number of hydrogen-bond acceptors (Lipinski definition) is 5. The maximum atomic E-state index is 11.7. The first kappa shape index (κ1) is 15.4. The Morgan fingerprint density at radius 2 is 2.32 bits per heavy atom. The lowest BCUT2D eigenvalue weighted by Gasteiger charge is -2.16. The fourth-order valence-electron chi connectivity index (χ4n) is 1.32. The minimum Gasteiger partial charge on any atom is -0.480 e. The molecule has 1 aromatic rings. The molecule has 1 rings (SSSR count). The van der Waals surface area contributed by atoms with Crippen molar-refractivity contribution in [2.24, 2.45) is 0 Å². The molecule has 106 valence electrons. The van der Waals surface area contributed by atoms with Gasteiger partial charge < -0.3 is 20.1 Å². The van der Waals surface area contributed by atoms with Crippen molar-refractivity contribution in [2.45, 2.75) is 13.5 Å². The van der Waals surface area contributed by atoms with Crippen LogP contribution in [0.4, 0.5) is 4.79 Å². The molecule has 7 nitrogen and oxygen atoms in total. The summed E-state index contributed by atoms with van der Waals surface area (Å²) in [5.41, 5.74) is 0.849. The Hall–Kier alpha value is -1.67. The van der Waals surface area contributed by atoms with Crippen molar-refractivity contribution in [1.82, 2.24) is 15.2 Å². The van der Waals surface area contributed by atoms with Gasteiger partial charge in [0.05, 0.1) is 23.9 Å². The second kappa shape index (κ2) is 7.70. The van der Waals surface area contributed by atoms with Gasteiger partial charge in [0.15, 0.2) is 0 Å². The minimum atomic E-state index is -1.03. The number of carboxylic acid groups (broad SMARTS) is 1. The zero-order chi connectivity index (χ0) is 14.3. The van der Waals surface area contributed by atoms with Crippen LogP contribution >= 0.6 is 11.3 Å². The topological polar surface area (TPSA) is 91.8 Å². The van der Waals surface area contributed by atoms with Gasteiger partial charge in [0, 0.05) is 19.0 Å². The third kappa shape index (κ3) is 6.16. The molecule has 0 aliphatic carbocycles. The Morgan fingerprint density at radius 3 is 2.89 bits per heavy atom. The van der Waals surface area contributed by atoms with Gasteiger partial charge in [-0.3, -0.25) is 0 Å². The summed E-state index contributed by atoms with van der Waals surface area (Å²) in [6, 6.07) is -0.246. The van der Waals surface area contributed by atoms with Crippen LogP contribution in [0, 0.1) is 6.92 Å². The highest BCUT2D eigenvalue weighted by atomic mass is 32.1. The molecule has 0 aliphatic heterocycles. The molecule has 0 saturated carbocycles. The molecular weight excluding hydrogens is 270 g/mol. The van der Waals surface area contributed by atoms with Gasteiger partial charge in [0.1, 0.15) is 6.61 Å². The standard InChI is InChI=1S/C11H17N3O4S/c1-8-13-9(7-19-8)5-14(2)11(17)12-3-4-18-6-10(15)16/h7H,3-6H2,1-2H3,(H,12,17)(H,15,16). The number of nitrogens with one attached hydrogen (secondary N) is 1. The zero-order valence-electron chi connectivity index (χ0n) is 10.9. The molecule has 0 bridgehead atoms. The van der Waals surface area contributed by atoms with Crippen LogP contribution in [0.25, 0.3) is 0 Å². The predicted octanol–water partition coefficient (Wildman–Crippen LogP) is 0.694. The van der Waals surface area contributed by atoms with E-state index in [1.54, 1.807) is 18.4 Å². The summed E-state index contributed by atoms with van der Waals surface area (Å²) in [4.78, 5) is 27.6. The number of urea groups is 1. The largest absolute Gasteiger partial charge is 0.480 e.